The number of fused-ring (bicyclic) bond motifs is 1. The molecular formula is C28H33F3N2O6S. The lowest BCUT2D eigenvalue weighted by Gasteiger charge is -2.44. The second-order valence-electron chi connectivity index (χ2n) is 10.5. The molecule has 0 unspecified atom stereocenters. The molecule has 0 radical (unpaired) electrons. The zero-order chi connectivity index (χ0) is 29.1. The van der Waals surface area contributed by atoms with E-state index in [9.17, 15) is 23.1 Å². The number of aliphatic hydroxyl groups excluding tert-OH is 1. The summed E-state index contributed by atoms with van der Waals surface area (Å²) in [5.41, 5.74) is -0.223. The van der Waals surface area contributed by atoms with E-state index in [0.717, 1.165) is 22.9 Å². The van der Waals surface area contributed by atoms with Crippen molar-refractivity contribution in [3.05, 3.63) is 71.8 Å². The molecule has 0 bridgehead atoms. The van der Waals surface area contributed by atoms with Crippen LogP contribution in [0.3, 0.4) is 0 Å². The highest BCUT2D eigenvalue weighted by atomic mass is 32.2. The van der Waals surface area contributed by atoms with E-state index >= 15 is 0 Å². The predicted molar refractivity (Wildman–Crippen MR) is 144 cm³/mol. The minimum Gasteiger partial charge on any atom is -0.443 e. The normalized spacial score (nSPS) is 25.6. The molecule has 40 heavy (non-hydrogen) atoms. The van der Waals surface area contributed by atoms with Crippen molar-refractivity contribution in [2.75, 3.05) is 7.05 Å². The van der Waals surface area contributed by atoms with E-state index in [2.05, 4.69) is 4.99 Å². The third-order valence-electron chi connectivity index (χ3n) is 6.21. The number of nitrogens with zero attached hydrogens (tertiary/aromatic N) is 2. The monoisotopic (exact) mass is 582 g/mol. The standard InChI is InChI=1S/C28H33F3N2O6S/c1-27(2,3)39-26(35)33(4)25-32-19-20(36-15-17-11-7-5-8-12-17)21(37-16-18-13-9-6-10-14-18)22(38-24(19)40-25)23(34)28(29,30)31/h5-14,19-24,34H,15-16H2,1-4H3/t19-,20-,21+,22+,23-,24-/m1/s1. The van der Waals surface area contributed by atoms with Crippen molar-refractivity contribution in [2.24, 2.45) is 4.99 Å². The van der Waals surface area contributed by atoms with E-state index < -0.39 is 53.8 Å². The van der Waals surface area contributed by atoms with Gasteiger partial charge in [-0.3, -0.25) is 9.89 Å². The Balaban J connectivity index is 1.66. The van der Waals surface area contributed by atoms with Gasteiger partial charge in [-0.2, -0.15) is 13.2 Å². The fourth-order valence-electron chi connectivity index (χ4n) is 4.27. The van der Waals surface area contributed by atoms with Crippen LogP contribution >= 0.6 is 11.8 Å². The zero-order valence-electron chi connectivity index (χ0n) is 22.6. The fourth-order valence-corrected chi connectivity index (χ4v) is 5.44. The lowest BCUT2D eigenvalue weighted by atomic mass is 9.93. The van der Waals surface area contributed by atoms with Gasteiger partial charge in [-0.05, 0) is 31.9 Å². The molecule has 1 N–H and O–H groups in total. The van der Waals surface area contributed by atoms with Crippen molar-refractivity contribution in [3.8, 4) is 0 Å². The summed E-state index contributed by atoms with van der Waals surface area (Å²) in [4.78, 5) is 18.5. The Bertz CT molecular complexity index is 1160. The molecule has 0 aromatic heterocycles. The van der Waals surface area contributed by atoms with Gasteiger partial charge in [-0.25, -0.2) is 4.79 Å². The molecule has 6 atom stereocenters. The Morgan fingerprint density at radius 1 is 1.00 bits per heavy atom. The van der Waals surface area contributed by atoms with Gasteiger partial charge in [0.2, 0.25) is 0 Å². The van der Waals surface area contributed by atoms with Gasteiger partial charge >= 0.3 is 12.3 Å². The van der Waals surface area contributed by atoms with Gasteiger partial charge < -0.3 is 24.1 Å². The average Bonchev–Trinajstić information content (AvgIpc) is 3.33. The summed E-state index contributed by atoms with van der Waals surface area (Å²) < 4.78 is 65.0. The highest BCUT2D eigenvalue weighted by molar-refractivity contribution is 8.14. The van der Waals surface area contributed by atoms with Crippen LogP contribution < -0.4 is 0 Å². The molecule has 1 amide bonds. The van der Waals surface area contributed by atoms with E-state index in [1.54, 1.807) is 45.0 Å². The Morgan fingerprint density at radius 3 is 2.02 bits per heavy atom. The Kier molecular flexibility index (Phi) is 9.46. The second kappa shape index (κ2) is 12.5. The van der Waals surface area contributed by atoms with Crippen LogP contribution in [0.5, 0.6) is 0 Å². The SMILES string of the molecule is CN(C(=O)OC(C)(C)C)C1=N[C@@H]2[C@@H](OCc3ccccc3)[C@H](OCc3ccccc3)[C@@H]([C@@H](O)C(F)(F)F)O[C@@H]2S1. The average molecular weight is 583 g/mol. The maximum Gasteiger partial charge on any atom is 0.417 e. The number of hydrogen-bond acceptors (Lipinski definition) is 8. The van der Waals surface area contributed by atoms with Gasteiger partial charge in [-0.15, -0.1) is 0 Å². The van der Waals surface area contributed by atoms with E-state index in [1.807, 2.05) is 36.4 Å². The summed E-state index contributed by atoms with van der Waals surface area (Å²) in [5.74, 6) is 0. The highest BCUT2D eigenvalue weighted by Crippen LogP contribution is 2.42. The number of rotatable bonds is 7. The molecular weight excluding hydrogens is 549 g/mol. The number of amides is 1. The lowest BCUT2D eigenvalue weighted by molar-refractivity contribution is -0.283. The third kappa shape index (κ3) is 7.55. The number of aliphatic hydroxyl groups is 1. The first-order valence-electron chi connectivity index (χ1n) is 12.8. The molecule has 2 aromatic rings. The van der Waals surface area contributed by atoms with Crippen LogP contribution in [0, 0.1) is 0 Å². The van der Waals surface area contributed by atoms with Crippen LogP contribution in [-0.2, 0) is 32.2 Å². The van der Waals surface area contributed by atoms with Gasteiger partial charge in [0.25, 0.3) is 0 Å². The smallest absolute Gasteiger partial charge is 0.417 e. The molecule has 0 aliphatic carbocycles. The first-order valence-corrected chi connectivity index (χ1v) is 13.6. The van der Waals surface area contributed by atoms with Gasteiger partial charge in [-0.1, -0.05) is 72.4 Å². The maximum absolute atomic E-state index is 13.8. The number of amidine groups is 1. The molecule has 8 nitrogen and oxygen atoms in total. The minimum atomic E-state index is -4.98. The first-order chi connectivity index (χ1) is 18.8. The van der Waals surface area contributed by atoms with Crippen LogP contribution in [-0.4, -0.2) is 76.0 Å². The fraction of sp³-hybridized carbons (Fsp3) is 0.500. The van der Waals surface area contributed by atoms with E-state index in [4.69, 9.17) is 18.9 Å². The van der Waals surface area contributed by atoms with Crippen molar-refractivity contribution >= 4 is 23.0 Å². The topological polar surface area (TPSA) is 89.8 Å². The summed E-state index contributed by atoms with van der Waals surface area (Å²) in [7, 11) is 1.46. The van der Waals surface area contributed by atoms with E-state index in [-0.39, 0.29) is 18.4 Å². The van der Waals surface area contributed by atoms with Crippen molar-refractivity contribution in [2.45, 2.75) is 81.7 Å². The van der Waals surface area contributed by atoms with E-state index in [1.165, 1.54) is 11.9 Å². The van der Waals surface area contributed by atoms with Crippen LogP contribution in [0.4, 0.5) is 18.0 Å². The number of ether oxygens (including phenoxy) is 4. The van der Waals surface area contributed by atoms with Crippen molar-refractivity contribution < 1.29 is 42.0 Å². The van der Waals surface area contributed by atoms with Gasteiger partial charge in [0.1, 0.15) is 35.4 Å². The molecule has 2 aromatic carbocycles. The van der Waals surface area contributed by atoms with Gasteiger partial charge in [0.05, 0.1) is 13.2 Å². The molecule has 12 heteroatoms. The third-order valence-corrected chi connectivity index (χ3v) is 7.42. The molecule has 0 spiro atoms. The van der Waals surface area contributed by atoms with Crippen LogP contribution in [0.1, 0.15) is 31.9 Å². The van der Waals surface area contributed by atoms with Gasteiger partial charge in [0, 0.05) is 7.05 Å². The number of hydrogen-bond donors (Lipinski definition) is 1. The molecule has 218 valence electrons. The summed E-state index contributed by atoms with van der Waals surface area (Å²) in [6.45, 7) is 5.18. The molecule has 0 saturated carbocycles. The number of carbonyl (C=O) groups excluding carboxylic acids is 1. The van der Waals surface area contributed by atoms with Crippen molar-refractivity contribution in [1.29, 1.82) is 0 Å². The zero-order valence-corrected chi connectivity index (χ0v) is 23.4. The van der Waals surface area contributed by atoms with Crippen LogP contribution in [0.2, 0.25) is 0 Å². The molecule has 1 saturated heterocycles. The van der Waals surface area contributed by atoms with Crippen molar-refractivity contribution in [3.63, 3.8) is 0 Å². The summed E-state index contributed by atoms with van der Waals surface area (Å²) >= 11 is 0.970. The molecule has 4 rings (SSSR count). The minimum absolute atomic E-state index is 0.0416. The maximum atomic E-state index is 13.8. The Morgan fingerprint density at radius 2 is 1.52 bits per heavy atom. The van der Waals surface area contributed by atoms with Crippen LogP contribution in [0.15, 0.2) is 65.7 Å². The van der Waals surface area contributed by atoms with Gasteiger partial charge in [0.15, 0.2) is 11.3 Å². The summed E-state index contributed by atoms with van der Waals surface area (Å²) in [5, 5.41) is 10.6. The number of halogens is 3. The van der Waals surface area contributed by atoms with Crippen LogP contribution in [0.25, 0.3) is 0 Å². The van der Waals surface area contributed by atoms with E-state index in [0.29, 0.717) is 0 Å². The molecule has 1 fully saturated rings. The summed E-state index contributed by atoms with van der Waals surface area (Å²) in [6.07, 6.45) is -12.7. The molecule has 2 aliphatic rings. The largest absolute Gasteiger partial charge is 0.443 e. The summed E-state index contributed by atoms with van der Waals surface area (Å²) in [6, 6.07) is 17.2. The number of alkyl halides is 3. The van der Waals surface area contributed by atoms with Crippen molar-refractivity contribution in [1.82, 2.24) is 4.90 Å². The second-order valence-corrected chi connectivity index (χ2v) is 11.6. The Hall–Kier alpha value is -2.64. The number of thioether (sulfide) groups is 1. The highest BCUT2D eigenvalue weighted by Gasteiger charge is 2.58. The number of aliphatic imine (C=N–C) groups is 1. The first kappa shape index (κ1) is 30.3. The number of carbonyl (C=O) groups is 1. The quantitative estimate of drug-likeness (QED) is 0.484. The predicted octanol–water partition coefficient (Wildman–Crippen LogP) is 5.14. The Labute approximate surface area is 235 Å². The molecule has 2 aliphatic heterocycles. The molecule has 2 heterocycles. The number of benzene rings is 2. The lowest BCUT2D eigenvalue weighted by Crippen LogP contribution is -2.62.